The normalized spacial score (nSPS) is 15.9. The van der Waals surface area contributed by atoms with Gasteiger partial charge in [0.1, 0.15) is 10.3 Å². The number of carbonyl (C=O) groups excluding carboxylic acids is 2. The van der Waals surface area contributed by atoms with Gasteiger partial charge in [-0.25, -0.2) is 4.98 Å². The SMILES string of the molecule is COC(=O)CN1CCN(C(=O)c2cc(Cl)nc(Cl)c2)CC1. The van der Waals surface area contributed by atoms with Crippen molar-refractivity contribution < 1.29 is 14.3 Å². The first-order valence-corrected chi connectivity index (χ1v) is 7.16. The zero-order chi connectivity index (χ0) is 15.4. The average Bonchev–Trinajstić information content (AvgIpc) is 2.46. The summed E-state index contributed by atoms with van der Waals surface area (Å²) in [4.78, 5) is 31.0. The number of pyridine rings is 1. The molecule has 0 radical (unpaired) electrons. The van der Waals surface area contributed by atoms with Crippen LogP contribution in [0.15, 0.2) is 12.1 Å². The summed E-state index contributed by atoms with van der Waals surface area (Å²) in [5.74, 6) is -0.415. The largest absolute Gasteiger partial charge is 0.468 e. The Morgan fingerprint density at radius 1 is 1.19 bits per heavy atom. The highest BCUT2D eigenvalue weighted by atomic mass is 35.5. The number of hydrogen-bond acceptors (Lipinski definition) is 5. The Morgan fingerprint density at radius 2 is 1.76 bits per heavy atom. The van der Waals surface area contributed by atoms with Gasteiger partial charge in [-0.3, -0.25) is 14.5 Å². The Bertz CT molecular complexity index is 525. The summed E-state index contributed by atoms with van der Waals surface area (Å²) in [5.41, 5.74) is 0.418. The summed E-state index contributed by atoms with van der Waals surface area (Å²) in [5, 5.41) is 0.380. The minimum atomic E-state index is -0.275. The molecule has 21 heavy (non-hydrogen) atoms. The second-order valence-electron chi connectivity index (χ2n) is 4.65. The van der Waals surface area contributed by atoms with Gasteiger partial charge in [-0.2, -0.15) is 0 Å². The highest BCUT2D eigenvalue weighted by molar-refractivity contribution is 6.33. The first-order valence-electron chi connectivity index (χ1n) is 6.41. The van der Waals surface area contributed by atoms with E-state index in [0.29, 0.717) is 31.7 Å². The second-order valence-corrected chi connectivity index (χ2v) is 5.42. The lowest BCUT2D eigenvalue weighted by atomic mass is 10.2. The van der Waals surface area contributed by atoms with Gasteiger partial charge < -0.3 is 9.64 Å². The molecule has 1 aliphatic rings. The molecule has 0 aliphatic carbocycles. The maximum Gasteiger partial charge on any atom is 0.319 e. The van der Waals surface area contributed by atoms with E-state index in [2.05, 4.69) is 9.72 Å². The lowest BCUT2D eigenvalue weighted by molar-refractivity contribution is -0.142. The standard InChI is InChI=1S/C13H15Cl2N3O3/c1-21-12(19)8-17-2-4-18(5-3-17)13(20)9-6-10(14)16-11(15)7-9/h6-7H,2-5,8H2,1H3. The molecular weight excluding hydrogens is 317 g/mol. The van der Waals surface area contributed by atoms with Crippen molar-refractivity contribution in [2.24, 2.45) is 0 Å². The summed E-state index contributed by atoms with van der Waals surface area (Å²) in [6, 6.07) is 2.99. The summed E-state index contributed by atoms with van der Waals surface area (Å²) in [6.07, 6.45) is 0. The van der Waals surface area contributed by atoms with Gasteiger partial charge in [0.2, 0.25) is 0 Å². The Balaban J connectivity index is 1.95. The smallest absolute Gasteiger partial charge is 0.319 e. The van der Waals surface area contributed by atoms with Gasteiger partial charge in [-0.05, 0) is 12.1 Å². The van der Waals surface area contributed by atoms with Crippen LogP contribution in [0.3, 0.4) is 0 Å². The summed E-state index contributed by atoms with van der Waals surface area (Å²) in [7, 11) is 1.36. The van der Waals surface area contributed by atoms with Gasteiger partial charge in [0.05, 0.1) is 13.7 Å². The molecule has 0 unspecified atom stereocenters. The number of halogens is 2. The molecule has 1 aromatic rings. The molecule has 0 N–H and O–H groups in total. The molecule has 1 fully saturated rings. The van der Waals surface area contributed by atoms with Gasteiger partial charge in [-0.1, -0.05) is 23.2 Å². The first-order chi connectivity index (χ1) is 9.99. The fraction of sp³-hybridized carbons (Fsp3) is 0.462. The fourth-order valence-electron chi connectivity index (χ4n) is 2.13. The van der Waals surface area contributed by atoms with E-state index in [1.54, 1.807) is 4.90 Å². The maximum atomic E-state index is 12.4. The zero-order valence-corrected chi connectivity index (χ0v) is 13.0. The van der Waals surface area contributed by atoms with Crippen molar-refractivity contribution in [2.75, 3.05) is 39.8 Å². The van der Waals surface area contributed by atoms with Crippen molar-refractivity contribution in [1.82, 2.24) is 14.8 Å². The van der Waals surface area contributed by atoms with Crippen molar-refractivity contribution in [3.8, 4) is 0 Å². The van der Waals surface area contributed by atoms with Crippen LogP contribution in [-0.4, -0.2) is 66.5 Å². The van der Waals surface area contributed by atoms with Gasteiger partial charge in [0, 0.05) is 31.7 Å². The van der Waals surface area contributed by atoms with Gasteiger partial charge in [0.25, 0.3) is 5.91 Å². The molecule has 1 saturated heterocycles. The van der Waals surface area contributed by atoms with E-state index >= 15 is 0 Å². The Labute approximate surface area is 132 Å². The van der Waals surface area contributed by atoms with Crippen molar-refractivity contribution in [2.45, 2.75) is 0 Å². The molecule has 0 atom stereocenters. The van der Waals surface area contributed by atoms with E-state index in [-0.39, 0.29) is 28.7 Å². The minimum Gasteiger partial charge on any atom is -0.468 e. The van der Waals surface area contributed by atoms with Crippen LogP contribution in [0.4, 0.5) is 0 Å². The molecule has 6 nitrogen and oxygen atoms in total. The van der Waals surface area contributed by atoms with E-state index in [1.165, 1.54) is 19.2 Å². The molecule has 0 bridgehead atoms. The third kappa shape index (κ3) is 4.30. The van der Waals surface area contributed by atoms with Crippen LogP contribution in [0, 0.1) is 0 Å². The molecule has 114 valence electrons. The molecule has 1 aromatic heterocycles. The van der Waals surface area contributed by atoms with E-state index in [0.717, 1.165) is 0 Å². The van der Waals surface area contributed by atoms with E-state index in [1.807, 2.05) is 4.90 Å². The number of amides is 1. The number of methoxy groups -OCH3 is 1. The van der Waals surface area contributed by atoms with E-state index < -0.39 is 0 Å². The Hall–Kier alpha value is -1.37. The molecule has 2 heterocycles. The highest BCUT2D eigenvalue weighted by Gasteiger charge is 2.24. The Morgan fingerprint density at radius 3 is 2.29 bits per heavy atom. The molecular formula is C13H15Cl2N3O3. The van der Waals surface area contributed by atoms with Gasteiger partial charge >= 0.3 is 5.97 Å². The van der Waals surface area contributed by atoms with Crippen molar-refractivity contribution >= 4 is 35.1 Å². The third-order valence-corrected chi connectivity index (χ3v) is 3.64. The van der Waals surface area contributed by atoms with Crippen LogP contribution < -0.4 is 0 Å². The molecule has 0 saturated carbocycles. The zero-order valence-electron chi connectivity index (χ0n) is 11.5. The predicted molar refractivity (Wildman–Crippen MR) is 78.6 cm³/mol. The van der Waals surface area contributed by atoms with Crippen molar-refractivity contribution in [3.05, 3.63) is 28.0 Å². The van der Waals surface area contributed by atoms with Gasteiger partial charge in [-0.15, -0.1) is 0 Å². The molecule has 2 rings (SSSR count). The first kappa shape index (κ1) is 16.0. The molecule has 0 spiro atoms. The van der Waals surface area contributed by atoms with Crippen LogP contribution in [0.25, 0.3) is 0 Å². The average molecular weight is 332 g/mol. The third-order valence-electron chi connectivity index (χ3n) is 3.25. The monoisotopic (exact) mass is 331 g/mol. The lowest BCUT2D eigenvalue weighted by Gasteiger charge is -2.34. The molecule has 8 heteroatoms. The maximum absolute atomic E-state index is 12.4. The van der Waals surface area contributed by atoms with Crippen LogP contribution >= 0.6 is 23.2 Å². The Kier molecular flexibility index (Phi) is 5.39. The molecule has 1 amide bonds. The number of aromatic nitrogens is 1. The van der Waals surface area contributed by atoms with Gasteiger partial charge in [0.15, 0.2) is 0 Å². The van der Waals surface area contributed by atoms with Crippen molar-refractivity contribution in [1.29, 1.82) is 0 Å². The van der Waals surface area contributed by atoms with Crippen LogP contribution in [-0.2, 0) is 9.53 Å². The van der Waals surface area contributed by atoms with E-state index in [9.17, 15) is 9.59 Å². The summed E-state index contributed by atoms with van der Waals surface area (Å²) < 4.78 is 4.63. The number of hydrogen-bond donors (Lipinski definition) is 0. The number of rotatable bonds is 3. The van der Waals surface area contributed by atoms with Crippen LogP contribution in [0.5, 0.6) is 0 Å². The van der Waals surface area contributed by atoms with Crippen LogP contribution in [0.2, 0.25) is 10.3 Å². The number of carbonyl (C=O) groups is 2. The molecule has 0 aromatic carbocycles. The number of piperazine rings is 1. The van der Waals surface area contributed by atoms with Crippen molar-refractivity contribution in [3.63, 3.8) is 0 Å². The highest BCUT2D eigenvalue weighted by Crippen LogP contribution is 2.17. The minimum absolute atomic E-state index is 0.140. The van der Waals surface area contributed by atoms with Crippen LogP contribution in [0.1, 0.15) is 10.4 Å². The summed E-state index contributed by atoms with van der Waals surface area (Å²) in [6.45, 7) is 2.55. The quantitative estimate of drug-likeness (QED) is 0.617. The predicted octanol–water partition coefficient (Wildman–Crippen LogP) is 1.32. The molecule has 1 aliphatic heterocycles. The fourth-order valence-corrected chi connectivity index (χ4v) is 2.59. The second kappa shape index (κ2) is 7.06. The number of esters is 1. The topological polar surface area (TPSA) is 62.7 Å². The number of ether oxygens (including phenoxy) is 1. The van der Waals surface area contributed by atoms with E-state index in [4.69, 9.17) is 23.2 Å². The number of nitrogens with zero attached hydrogens (tertiary/aromatic N) is 3. The summed E-state index contributed by atoms with van der Waals surface area (Å²) >= 11 is 11.6. The lowest BCUT2D eigenvalue weighted by Crippen LogP contribution is -2.50.